The van der Waals surface area contributed by atoms with E-state index >= 15 is 0 Å². The molecule has 1 aliphatic carbocycles. The van der Waals surface area contributed by atoms with Crippen LogP contribution in [0, 0.1) is 5.82 Å². The van der Waals surface area contributed by atoms with Crippen LogP contribution >= 0.6 is 0 Å². The van der Waals surface area contributed by atoms with Gasteiger partial charge in [0.1, 0.15) is 5.82 Å². The minimum absolute atomic E-state index is 0.0440. The number of nitrogens with two attached hydrogens (primary N) is 1. The average Bonchev–Trinajstić information content (AvgIpc) is 2.84. The molecule has 1 heterocycles. The van der Waals surface area contributed by atoms with Crippen molar-refractivity contribution in [3.63, 3.8) is 0 Å². The van der Waals surface area contributed by atoms with E-state index in [0.717, 1.165) is 24.2 Å². The standard InChI is InChI=1S/C12H12FN3/c13-9-2-4-10(5-3-9)16-12-8(7-15-16)1-6-11(12)14/h2-5,7,11H,1,6,14H2. The predicted octanol–water partition coefficient (Wildman–Crippen LogP) is 1.96. The summed E-state index contributed by atoms with van der Waals surface area (Å²) in [5.74, 6) is -0.239. The van der Waals surface area contributed by atoms with Crippen molar-refractivity contribution in [2.75, 3.05) is 0 Å². The molecular formula is C12H12FN3. The van der Waals surface area contributed by atoms with Gasteiger partial charge in [0.05, 0.1) is 17.6 Å². The lowest BCUT2D eigenvalue weighted by atomic mass is 10.2. The lowest BCUT2D eigenvalue weighted by Gasteiger charge is -2.09. The van der Waals surface area contributed by atoms with E-state index in [4.69, 9.17) is 5.73 Å². The molecule has 0 aliphatic heterocycles. The highest BCUT2D eigenvalue weighted by molar-refractivity contribution is 5.38. The molecule has 4 heteroatoms. The Labute approximate surface area is 92.7 Å². The number of aryl methyl sites for hydroxylation is 1. The molecule has 1 unspecified atom stereocenters. The number of hydrogen-bond donors (Lipinski definition) is 1. The van der Waals surface area contributed by atoms with Gasteiger partial charge in [-0.1, -0.05) is 0 Å². The second-order valence-electron chi connectivity index (χ2n) is 4.09. The van der Waals surface area contributed by atoms with Gasteiger partial charge in [0.15, 0.2) is 0 Å². The molecular weight excluding hydrogens is 205 g/mol. The molecule has 3 rings (SSSR count). The van der Waals surface area contributed by atoms with Gasteiger partial charge >= 0.3 is 0 Å². The first-order valence-corrected chi connectivity index (χ1v) is 5.34. The van der Waals surface area contributed by atoms with Gasteiger partial charge in [0, 0.05) is 6.04 Å². The van der Waals surface area contributed by atoms with Crippen LogP contribution in [0.4, 0.5) is 4.39 Å². The van der Waals surface area contributed by atoms with Gasteiger partial charge in [-0.3, -0.25) is 0 Å². The quantitative estimate of drug-likeness (QED) is 0.793. The van der Waals surface area contributed by atoms with E-state index < -0.39 is 0 Å². The van der Waals surface area contributed by atoms with E-state index in [0.29, 0.717) is 0 Å². The second kappa shape index (κ2) is 3.42. The maximum atomic E-state index is 12.8. The van der Waals surface area contributed by atoms with Crippen LogP contribution in [0.3, 0.4) is 0 Å². The molecule has 2 aromatic rings. The molecule has 1 aliphatic rings. The van der Waals surface area contributed by atoms with E-state index in [9.17, 15) is 4.39 Å². The Morgan fingerprint density at radius 3 is 2.81 bits per heavy atom. The molecule has 0 bridgehead atoms. The van der Waals surface area contributed by atoms with Gasteiger partial charge in [0.25, 0.3) is 0 Å². The number of rotatable bonds is 1. The minimum atomic E-state index is -0.239. The van der Waals surface area contributed by atoms with E-state index in [2.05, 4.69) is 5.10 Å². The lowest BCUT2D eigenvalue weighted by Crippen LogP contribution is -2.12. The summed E-state index contributed by atoms with van der Waals surface area (Å²) in [6.07, 6.45) is 3.80. The number of nitrogens with zero attached hydrogens (tertiary/aromatic N) is 2. The maximum Gasteiger partial charge on any atom is 0.123 e. The van der Waals surface area contributed by atoms with Crippen LogP contribution < -0.4 is 5.73 Å². The number of benzene rings is 1. The second-order valence-corrected chi connectivity index (χ2v) is 4.09. The topological polar surface area (TPSA) is 43.8 Å². The first kappa shape index (κ1) is 9.54. The van der Waals surface area contributed by atoms with Crippen molar-refractivity contribution in [3.8, 4) is 5.69 Å². The minimum Gasteiger partial charge on any atom is -0.323 e. The van der Waals surface area contributed by atoms with Crippen molar-refractivity contribution >= 4 is 0 Å². The predicted molar refractivity (Wildman–Crippen MR) is 58.8 cm³/mol. The van der Waals surface area contributed by atoms with Gasteiger partial charge in [-0.2, -0.15) is 5.10 Å². The monoisotopic (exact) mass is 217 g/mol. The molecule has 0 amide bonds. The van der Waals surface area contributed by atoms with Gasteiger partial charge < -0.3 is 5.73 Å². The van der Waals surface area contributed by atoms with Gasteiger partial charge in [0.2, 0.25) is 0 Å². The van der Waals surface area contributed by atoms with Gasteiger partial charge in [-0.15, -0.1) is 0 Å². The molecule has 82 valence electrons. The number of hydrogen-bond acceptors (Lipinski definition) is 2. The maximum absolute atomic E-state index is 12.8. The third kappa shape index (κ3) is 1.34. The number of halogens is 1. The molecule has 2 N–H and O–H groups in total. The Morgan fingerprint density at radius 2 is 2.06 bits per heavy atom. The lowest BCUT2D eigenvalue weighted by molar-refractivity contribution is 0.625. The molecule has 0 spiro atoms. The Morgan fingerprint density at radius 1 is 1.31 bits per heavy atom. The van der Waals surface area contributed by atoms with E-state index in [1.54, 1.807) is 12.1 Å². The third-order valence-corrected chi connectivity index (χ3v) is 3.03. The Hall–Kier alpha value is -1.68. The molecule has 0 saturated heterocycles. The summed E-state index contributed by atoms with van der Waals surface area (Å²) in [4.78, 5) is 0. The summed E-state index contributed by atoms with van der Waals surface area (Å²) in [6, 6.07) is 6.34. The third-order valence-electron chi connectivity index (χ3n) is 3.03. The summed E-state index contributed by atoms with van der Waals surface area (Å²) in [5.41, 5.74) is 9.15. The van der Waals surface area contributed by atoms with Gasteiger partial charge in [-0.05, 0) is 42.7 Å². The molecule has 0 saturated carbocycles. The Kier molecular flexibility index (Phi) is 2.04. The first-order valence-electron chi connectivity index (χ1n) is 5.34. The number of aromatic nitrogens is 2. The molecule has 1 atom stereocenters. The zero-order valence-corrected chi connectivity index (χ0v) is 8.73. The Bertz CT molecular complexity index is 516. The fourth-order valence-electron chi connectivity index (χ4n) is 2.22. The molecule has 16 heavy (non-hydrogen) atoms. The largest absolute Gasteiger partial charge is 0.323 e. The van der Waals surface area contributed by atoms with Gasteiger partial charge in [-0.25, -0.2) is 9.07 Å². The van der Waals surface area contributed by atoms with Crippen molar-refractivity contribution in [2.24, 2.45) is 5.73 Å². The summed E-state index contributed by atoms with van der Waals surface area (Å²) < 4.78 is 14.6. The normalized spacial score (nSPS) is 18.8. The van der Waals surface area contributed by atoms with E-state index in [-0.39, 0.29) is 11.9 Å². The van der Waals surface area contributed by atoms with E-state index in [1.165, 1.54) is 17.7 Å². The molecule has 3 nitrogen and oxygen atoms in total. The van der Waals surface area contributed by atoms with Crippen molar-refractivity contribution in [1.82, 2.24) is 9.78 Å². The summed E-state index contributed by atoms with van der Waals surface area (Å²) in [5, 5.41) is 4.30. The summed E-state index contributed by atoms with van der Waals surface area (Å²) in [6.45, 7) is 0. The first-order chi connectivity index (χ1) is 7.75. The highest BCUT2D eigenvalue weighted by Gasteiger charge is 2.24. The van der Waals surface area contributed by atoms with E-state index in [1.807, 2.05) is 10.9 Å². The highest BCUT2D eigenvalue weighted by Crippen LogP contribution is 2.30. The zero-order valence-electron chi connectivity index (χ0n) is 8.73. The molecule has 0 fully saturated rings. The van der Waals surface area contributed by atoms with Crippen LogP contribution in [0.1, 0.15) is 23.7 Å². The van der Waals surface area contributed by atoms with Crippen LogP contribution in [-0.2, 0) is 6.42 Å². The molecule has 1 aromatic heterocycles. The van der Waals surface area contributed by atoms with Crippen LogP contribution in [0.25, 0.3) is 5.69 Å². The average molecular weight is 217 g/mol. The van der Waals surface area contributed by atoms with Crippen LogP contribution in [0.5, 0.6) is 0 Å². The molecule has 1 aromatic carbocycles. The summed E-state index contributed by atoms with van der Waals surface area (Å²) in [7, 11) is 0. The smallest absolute Gasteiger partial charge is 0.123 e. The summed E-state index contributed by atoms with van der Waals surface area (Å²) >= 11 is 0. The van der Waals surface area contributed by atoms with Crippen LogP contribution in [-0.4, -0.2) is 9.78 Å². The van der Waals surface area contributed by atoms with Crippen LogP contribution in [0.15, 0.2) is 30.5 Å². The van der Waals surface area contributed by atoms with Crippen molar-refractivity contribution in [2.45, 2.75) is 18.9 Å². The number of fused-ring (bicyclic) bond motifs is 1. The van der Waals surface area contributed by atoms with Crippen molar-refractivity contribution < 1.29 is 4.39 Å². The van der Waals surface area contributed by atoms with Crippen molar-refractivity contribution in [3.05, 3.63) is 47.5 Å². The zero-order chi connectivity index (χ0) is 11.1. The fraction of sp³-hybridized carbons (Fsp3) is 0.250. The molecule has 0 radical (unpaired) electrons. The fourth-order valence-corrected chi connectivity index (χ4v) is 2.22. The van der Waals surface area contributed by atoms with Crippen LogP contribution in [0.2, 0.25) is 0 Å². The highest BCUT2D eigenvalue weighted by atomic mass is 19.1. The Balaban J connectivity index is 2.11. The SMILES string of the molecule is NC1CCc2cnn(-c3ccc(F)cc3)c21. The van der Waals surface area contributed by atoms with Crippen molar-refractivity contribution in [1.29, 1.82) is 0 Å².